The molecule has 0 aliphatic rings. The summed E-state index contributed by atoms with van der Waals surface area (Å²) in [5.74, 6) is 0. The third-order valence-corrected chi connectivity index (χ3v) is 2.64. The Labute approximate surface area is 99.8 Å². The van der Waals surface area contributed by atoms with Crippen molar-refractivity contribution in [1.29, 1.82) is 0 Å². The van der Waals surface area contributed by atoms with Crippen LogP contribution in [0.1, 0.15) is 5.56 Å². The molecule has 2 rings (SSSR count). The van der Waals surface area contributed by atoms with Gasteiger partial charge in [-0.05, 0) is 30.7 Å². The molecule has 0 N–H and O–H groups in total. The summed E-state index contributed by atoms with van der Waals surface area (Å²) in [6.07, 6.45) is 1.97. The van der Waals surface area contributed by atoms with E-state index < -0.39 is 0 Å². The Morgan fingerprint density at radius 3 is 2.76 bits per heavy atom. The molecular formula is C13H13N4+. The number of azide groups is 1. The van der Waals surface area contributed by atoms with Crippen molar-refractivity contribution in [3.8, 4) is 11.3 Å². The molecule has 4 nitrogen and oxygen atoms in total. The third kappa shape index (κ3) is 2.27. The summed E-state index contributed by atoms with van der Waals surface area (Å²) < 4.78 is 2.00. The summed E-state index contributed by atoms with van der Waals surface area (Å²) in [7, 11) is 1.97. The maximum absolute atomic E-state index is 8.60. The van der Waals surface area contributed by atoms with Gasteiger partial charge in [-0.3, -0.25) is 0 Å². The predicted octanol–water partition coefficient (Wildman–Crippen LogP) is 3.43. The molecule has 1 aromatic carbocycles. The van der Waals surface area contributed by atoms with E-state index in [2.05, 4.69) is 10.0 Å². The van der Waals surface area contributed by atoms with Gasteiger partial charge in [-0.1, -0.05) is 16.7 Å². The highest BCUT2D eigenvalue weighted by molar-refractivity contribution is 5.72. The highest BCUT2D eigenvalue weighted by atomic mass is 15.1. The first-order valence-electron chi connectivity index (χ1n) is 5.33. The molecule has 0 radical (unpaired) electrons. The summed E-state index contributed by atoms with van der Waals surface area (Å²) in [6.45, 7) is 1.98. The standard InChI is InChI=1S/C13H13N4/c1-10-6-7-11(12(9-10)15-16-14)13-5-3-4-8-17(13)2/h3-9H,1-2H3/q+1. The average molecular weight is 225 g/mol. The normalized spacial score (nSPS) is 9.76. The number of aromatic nitrogens is 1. The largest absolute Gasteiger partial charge is 0.212 e. The zero-order valence-electron chi connectivity index (χ0n) is 9.83. The number of pyridine rings is 1. The van der Waals surface area contributed by atoms with E-state index >= 15 is 0 Å². The summed E-state index contributed by atoms with van der Waals surface area (Å²) in [4.78, 5) is 2.88. The van der Waals surface area contributed by atoms with Crippen LogP contribution in [-0.2, 0) is 7.05 Å². The number of benzene rings is 1. The zero-order chi connectivity index (χ0) is 12.3. The molecule has 0 bridgehead atoms. The number of aryl methyl sites for hydroxylation is 2. The quantitative estimate of drug-likeness (QED) is 0.325. The Hall–Kier alpha value is -2.32. The SMILES string of the molecule is Cc1ccc(-c2cccc[n+]2C)c(N=[N+]=[N-])c1. The minimum absolute atomic E-state index is 0.661. The van der Waals surface area contributed by atoms with Gasteiger partial charge in [0.1, 0.15) is 7.05 Å². The zero-order valence-corrected chi connectivity index (χ0v) is 9.83. The second-order valence-electron chi connectivity index (χ2n) is 3.91. The molecule has 0 aliphatic carbocycles. The van der Waals surface area contributed by atoms with Gasteiger partial charge in [0.25, 0.3) is 0 Å². The second kappa shape index (κ2) is 4.68. The molecule has 84 valence electrons. The Kier molecular flexibility index (Phi) is 3.08. The van der Waals surface area contributed by atoms with Gasteiger partial charge in [0.05, 0.1) is 11.3 Å². The molecule has 0 aliphatic heterocycles. The second-order valence-corrected chi connectivity index (χ2v) is 3.91. The van der Waals surface area contributed by atoms with Crippen LogP contribution in [0.5, 0.6) is 0 Å². The maximum atomic E-state index is 8.60. The van der Waals surface area contributed by atoms with Crippen molar-refractivity contribution in [2.75, 3.05) is 0 Å². The molecule has 1 heterocycles. The Balaban J connectivity index is 2.67. The summed E-state index contributed by atoms with van der Waals surface area (Å²) in [5.41, 5.74) is 12.3. The van der Waals surface area contributed by atoms with E-state index in [9.17, 15) is 0 Å². The Morgan fingerprint density at radius 1 is 1.24 bits per heavy atom. The fraction of sp³-hybridized carbons (Fsp3) is 0.154. The van der Waals surface area contributed by atoms with Crippen LogP contribution in [0.15, 0.2) is 47.7 Å². The lowest BCUT2D eigenvalue weighted by atomic mass is 10.1. The fourth-order valence-electron chi connectivity index (χ4n) is 1.79. The molecule has 2 aromatic rings. The highest BCUT2D eigenvalue weighted by Crippen LogP contribution is 2.29. The molecule has 0 unspecified atom stereocenters. The van der Waals surface area contributed by atoms with Crippen LogP contribution in [0.2, 0.25) is 0 Å². The van der Waals surface area contributed by atoms with Crippen molar-refractivity contribution in [2.45, 2.75) is 6.92 Å². The molecule has 4 heteroatoms. The molecule has 0 amide bonds. The monoisotopic (exact) mass is 225 g/mol. The molecular weight excluding hydrogens is 212 g/mol. The van der Waals surface area contributed by atoms with Crippen LogP contribution in [-0.4, -0.2) is 0 Å². The van der Waals surface area contributed by atoms with E-state index in [1.165, 1.54) is 0 Å². The molecule has 0 fully saturated rings. The van der Waals surface area contributed by atoms with Gasteiger partial charge in [-0.2, -0.15) is 0 Å². The fourth-order valence-corrected chi connectivity index (χ4v) is 1.79. The first kappa shape index (κ1) is 11.2. The number of rotatable bonds is 2. The van der Waals surface area contributed by atoms with Crippen LogP contribution in [0.4, 0.5) is 5.69 Å². The topological polar surface area (TPSA) is 52.6 Å². The minimum atomic E-state index is 0.661. The van der Waals surface area contributed by atoms with Crippen molar-refractivity contribution in [3.63, 3.8) is 0 Å². The van der Waals surface area contributed by atoms with Gasteiger partial charge in [0, 0.05) is 17.0 Å². The molecule has 0 spiro atoms. The summed E-state index contributed by atoms with van der Waals surface area (Å²) in [6, 6.07) is 11.8. The number of hydrogen-bond acceptors (Lipinski definition) is 1. The lowest BCUT2D eigenvalue weighted by Crippen LogP contribution is -2.29. The lowest BCUT2D eigenvalue weighted by Gasteiger charge is -2.04. The summed E-state index contributed by atoms with van der Waals surface area (Å²) >= 11 is 0. The average Bonchev–Trinajstić information content (AvgIpc) is 2.31. The van der Waals surface area contributed by atoms with Gasteiger partial charge >= 0.3 is 0 Å². The van der Waals surface area contributed by atoms with Crippen molar-refractivity contribution in [1.82, 2.24) is 0 Å². The van der Waals surface area contributed by atoms with E-state index in [1.54, 1.807) is 0 Å². The van der Waals surface area contributed by atoms with Gasteiger partial charge in [-0.15, -0.1) is 0 Å². The van der Waals surface area contributed by atoms with Crippen molar-refractivity contribution < 1.29 is 4.57 Å². The van der Waals surface area contributed by atoms with Crippen molar-refractivity contribution >= 4 is 5.69 Å². The number of hydrogen-bond donors (Lipinski definition) is 0. The molecule has 17 heavy (non-hydrogen) atoms. The van der Waals surface area contributed by atoms with Gasteiger partial charge in [0.2, 0.25) is 5.69 Å². The molecule has 0 saturated carbocycles. The molecule has 0 atom stereocenters. The van der Waals surface area contributed by atoms with Crippen LogP contribution < -0.4 is 4.57 Å². The summed E-state index contributed by atoms with van der Waals surface area (Å²) in [5, 5.41) is 3.75. The van der Waals surface area contributed by atoms with Crippen LogP contribution >= 0.6 is 0 Å². The predicted molar refractivity (Wildman–Crippen MR) is 66.6 cm³/mol. The van der Waals surface area contributed by atoms with Gasteiger partial charge in [-0.25, -0.2) is 4.57 Å². The van der Waals surface area contributed by atoms with Crippen LogP contribution in [0, 0.1) is 6.92 Å². The highest BCUT2D eigenvalue weighted by Gasteiger charge is 2.12. The lowest BCUT2D eigenvalue weighted by molar-refractivity contribution is -0.660. The van der Waals surface area contributed by atoms with Crippen LogP contribution in [0.3, 0.4) is 0 Å². The first-order valence-corrected chi connectivity index (χ1v) is 5.33. The van der Waals surface area contributed by atoms with E-state index in [-0.39, 0.29) is 0 Å². The van der Waals surface area contributed by atoms with Crippen LogP contribution in [0.25, 0.3) is 21.7 Å². The molecule has 0 saturated heterocycles. The minimum Gasteiger partial charge on any atom is -0.201 e. The molecule has 1 aromatic heterocycles. The number of nitrogens with zero attached hydrogens (tertiary/aromatic N) is 4. The first-order chi connectivity index (χ1) is 8.22. The Morgan fingerprint density at radius 2 is 2.06 bits per heavy atom. The van der Waals surface area contributed by atoms with Gasteiger partial charge < -0.3 is 0 Å². The Bertz CT molecular complexity index is 598. The maximum Gasteiger partial charge on any atom is 0.212 e. The van der Waals surface area contributed by atoms with Crippen molar-refractivity contribution in [2.24, 2.45) is 12.2 Å². The van der Waals surface area contributed by atoms with E-state index in [1.807, 2.05) is 61.1 Å². The third-order valence-electron chi connectivity index (χ3n) is 2.64. The van der Waals surface area contributed by atoms with E-state index in [0.29, 0.717) is 5.69 Å². The smallest absolute Gasteiger partial charge is 0.201 e. The van der Waals surface area contributed by atoms with Gasteiger partial charge in [0.15, 0.2) is 6.20 Å². The van der Waals surface area contributed by atoms with E-state index in [4.69, 9.17) is 5.53 Å². The van der Waals surface area contributed by atoms with Crippen molar-refractivity contribution in [3.05, 3.63) is 58.6 Å². The van der Waals surface area contributed by atoms with E-state index in [0.717, 1.165) is 16.8 Å².